The Labute approximate surface area is 203 Å². The van der Waals surface area contributed by atoms with E-state index < -0.39 is 0 Å². The summed E-state index contributed by atoms with van der Waals surface area (Å²) in [5, 5.41) is 5.28. The van der Waals surface area contributed by atoms with Crippen molar-refractivity contribution >= 4 is 54.9 Å². The standard InChI is InChI=1S/C25H21Br2N3O2/c1-16-6-5-7-17(10-16)14-30-15-19(20-8-3-4-9-23(20)30)13-28-29-25(31)18-11-21(26)24(32-2)22(27)12-18/h3-13,15H,14H2,1-2H3,(H,29,31)/b28-13+. The van der Waals surface area contributed by atoms with Crippen molar-refractivity contribution in [1.82, 2.24) is 9.99 Å². The van der Waals surface area contributed by atoms with E-state index in [9.17, 15) is 4.79 Å². The molecule has 32 heavy (non-hydrogen) atoms. The van der Waals surface area contributed by atoms with Crippen LogP contribution in [0, 0.1) is 6.92 Å². The highest BCUT2D eigenvalue weighted by Crippen LogP contribution is 2.34. The number of aromatic nitrogens is 1. The Morgan fingerprint density at radius 3 is 2.56 bits per heavy atom. The van der Waals surface area contributed by atoms with Gasteiger partial charge in [-0.05, 0) is 62.5 Å². The number of methoxy groups -OCH3 is 1. The van der Waals surface area contributed by atoms with Crippen molar-refractivity contribution in [2.75, 3.05) is 7.11 Å². The number of carbonyl (C=O) groups is 1. The summed E-state index contributed by atoms with van der Waals surface area (Å²) >= 11 is 6.83. The van der Waals surface area contributed by atoms with Gasteiger partial charge in [0.25, 0.3) is 5.91 Å². The van der Waals surface area contributed by atoms with Gasteiger partial charge >= 0.3 is 0 Å². The Bertz CT molecular complexity index is 1310. The van der Waals surface area contributed by atoms with E-state index in [-0.39, 0.29) is 5.91 Å². The third kappa shape index (κ3) is 4.79. The number of nitrogens with zero attached hydrogens (tertiary/aromatic N) is 2. The molecule has 1 amide bonds. The Morgan fingerprint density at radius 1 is 1.09 bits per heavy atom. The number of fused-ring (bicyclic) bond motifs is 1. The van der Waals surface area contributed by atoms with Gasteiger partial charge in [-0.15, -0.1) is 0 Å². The van der Waals surface area contributed by atoms with Gasteiger partial charge in [-0.2, -0.15) is 5.10 Å². The molecule has 7 heteroatoms. The van der Waals surface area contributed by atoms with E-state index in [1.807, 2.05) is 12.1 Å². The molecule has 0 atom stereocenters. The average Bonchev–Trinajstić information content (AvgIpc) is 3.11. The third-order valence-corrected chi connectivity index (χ3v) is 6.27. The number of benzene rings is 3. The monoisotopic (exact) mass is 553 g/mol. The van der Waals surface area contributed by atoms with E-state index in [2.05, 4.69) is 96.5 Å². The maximum Gasteiger partial charge on any atom is 0.271 e. The van der Waals surface area contributed by atoms with Crippen molar-refractivity contribution < 1.29 is 9.53 Å². The second-order valence-electron chi connectivity index (χ2n) is 7.39. The number of ether oxygens (including phenoxy) is 1. The number of hydrazone groups is 1. The molecular weight excluding hydrogens is 534 g/mol. The van der Waals surface area contributed by atoms with Crippen LogP contribution in [0.2, 0.25) is 0 Å². The lowest BCUT2D eigenvalue weighted by molar-refractivity contribution is 0.0955. The summed E-state index contributed by atoms with van der Waals surface area (Å²) in [4.78, 5) is 12.6. The topological polar surface area (TPSA) is 55.6 Å². The molecule has 4 aromatic rings. The first kappa shape index (κ1) is 22.3. The van der Waals surface area contributed by atoms with Crippen LogP contribution in [0.25, 0.3) is 10.9 Å². The molecule has 1 heterocycles. The first-order valence-electron chi connectivity index (χ1n) is 9.96. The zero-order valence-corrected chi connectivity index (χ0v) is 20.8. The van der Waals surface area contributed by atoms with Crippen molar-refractivity contribution in [2.45, 2.75) is 13.5 Å². The van der Waals surface area contributed by atoms with Gasteiger partial charge in [0.15, 0.2) is 0 Å². The van der Waals surface area contributed by atoms with Crippen molar-refractivity contribution in [1.29, 1.82) is 0 Å². The number of para-hydroxylation sites is 1. The van der Waals surface area contributed by atoms with Gasteiger partial charge in [-0.25, -0.2) is 5.43 Å². The van der Waals surface area contributed by atoms with Gasteiger partial charge in [-0.1, -0.05) is 48.0 Å². The fourth-order valence-electron chi connectivity index (χ4n) is 3.63. The quantitative estimate of drug-likeness (QED) is 0.225. The first-order chi connectivity index (χ1) is 15.5. The molecule has 0 bridgehead atoms. The molecule has 0 fully saturated rings. The minimum atomic E-state index is -0.311. The lowest BCUT2D eigenvalue weighted by Crippen LogP contribution is -2.17. The van der Waals surface area contributed by atoms with E-state index in [1.165, 1.54) is 11.1 Å². The van der Waals surface area contributed by atoms with Crippen LogP contribution in [0.5, 0.6) is 5.75 Å². The molecule has 162 valence electrons. The van der Waals surface area contributed by atoms with Crippen LogP contribution in [0.1, 0.15) is 27.0 Å². The van der Waals surface area contributed by atoms with Crippen LogP contribution in [0.4, 0.5) is 0 Å². The number of amides is 1. The van der Waals surface area contributed by atoms with Gasteiger partial charge in [-0.3, -0.25) is 4.79 Å². The molecule has 0 aliphatic rings. The summed E-state index contributed by atoms with van der Waals surface area (Å²) in [5.41, 5.74) is 7.59. The fraction of sp³-hybridized carbons (Fsp3) is 0.120. The Kier molecular flexibility index (Phi) is 6.77. The van der Waals surface area contributed by atoms with Gasteiger partial charge in [0, 0.05) is 34.8 Å². The van der Waals surface area contributed by atoms with Crippen LogP contribution in [-0.4, -0.2) is 23.8 Å². The van der Waals surface area contributed by atoms with E-state index in [4.69, 9.17) is 4.74 Å². The Hall–Kier alpha value is -2.90. The molecule has 1 aromatic heterocycles. The Balaban J connectivity index is 1.56. The molecule has 1 N–H and O–H groups in total. The van der Waals surface area contributed by atoms with Gasteiger partial charge in [0.1, 0.15) is 5.75 Å². The molecule has 4 rings (SSSR count). The summed E-state index contributed by atoms with van der Waals surface area (Å²) in [6.45, 7) is 2.86. The highest BCUT2D eigenvalue weighted by atomic mass is 79.9. The van der Waals surface area contributed by atoms with Crippen LogP contribution >= 0.6 is 31.9 Å². The molecule has 5 nitrogen and oxygen atoms in total. The van der Waals surface area contributed by atoms with Crippen molar-refractivity contribution in [2.24, 2.45) is 5.10 Å². The first-order valence-corrected chi connectivity index (χ1v) is 11.5. The summed E-state index contributed by atoms with van der Waals surface area (Å²) in [7, 11) is 1.57. The number of halogens is 2. The predicted octanol–water partition coefficient (Wildman–Crippen LogP) is 6.30. The van der Waals surface area contributed by atoms with Crippen molar-refractivity contribution in [3.8, 4) is 5.75 Å². The number of hydrogen-bond acceptors (Lipinski definition) is 3. The maximum atomic E-state index is 12.6. The second kappa shape index (κ2) is 9.71. The summed E-state index contributed by atoms with van der Waals surface area (Å²) < 4.78 is 8.85. The molecule has 0 spiro atoms. The largest absolute Gasteiger partial charge is 0.494 e. The highest BCUT2D eigenvalue weighted by molar-refractivity contribution is 9.11. The zero-order valence-electron chi connectivity index (χ0n) is 17.6. The van der Waals surface area contributed by atoms with Gasteiger partial charge in [0.2, 0.25) is 0 Å². The lowest BCUT2D eigenvalue weighted by atomic mass is 10.1. The van der Waals surface area contributed by atoms with Crippen molar-refractivity contribution in [3.05, 3.63) is 98.1 Å². The summed E-state index contributed by atoms with van der Waals surface area (Å²) in [5.74, 6) is 0.320. The molecule has 3 aromatic carbocycles. The third-order valence-electron chi connectivity index (χ3n) is 5.09. The van der Waals surface area contributed by atoms with Crippen LogP contribution in [0.3, 0.4) is 0 Å². The number of aryl methyl sites for hydroxylation is 1. The smallest absolute Gasteiger partial charge is 0.271 e. The predicted molar refractivity (Wildman–Crippen MR) is 136 cm³/mol. The second-order valence-corrected chi connectivity index (χ2v) is 9.10. The molecule has 0 aliphatic heterocycles. The molecule has 0 saturated carbocycles. The highest BCUT2D eigenvalue weighted by Gasteiger charge is 2.13. The fourth-order valence-corrected chi connectivity index (χ4v) is 5.14. The minimum absolute atomic E-state index is 0.311. The van der Waals surface area contributed by atoms with Gasteiger partial charge < -0.3 is 9.30 Å². The maximum absolute atomic E-state index is 12.6. The number of rotatable bonds is 6. The molecule has 0 aliphatic carbocycles. The van der Waals surface area contributed by atoms with E-state index in [0.29, 0.717) is 20.3 Å². The normalized spacial score (nSPS) is 11.2. The van der Waals surface area contributed by atoms with E-state index in [0.717, 1.165) is 23.0 Å². The van der Waals surface area contributed by atoms with Gasteiger partial charge in [0.05, 0.1) is 22.3 Å². The average molecular weight is 555 g/mol. The Morgan fingerprint density at radius 2 is 1.84 bits per heavy atom. The minimum Gasteiger partial charge on any atom is -0.494 e. The van der Waals surface area contributed by atoms with E-state index >= 15 is 0 Å². The van der Waals surface area contributed by atoms with Crippen LogP contribution < -0.4 is 10.2 Å². The summed E-state index contributed by atoms with van der Waals surface area (Å²) in [6.07, 6.45) is 3.74. The number of carbonyl (C=O) groups excluding carboxylic acids is 1. The molecule has 0 radical (unpaired) electrons. The SMILES string of the molecule is COc1c(Br)cc(C(=O)N/N=C/c2cn(Cc3cccc(C)c3)c3ccccc23)cc1Br. The number of hydrogen-bond donors (Lipinski definition) is 1. The number of nitrogens with one attached hydrogen (secondary N) is 1. The molecule has 0 unspecified atom stereocenters. The van der Waals surface area contributed by atoms with Crippen molar-refractivity contribution in [3.63, 3.8) is 0 Å². The summed E-state index contributed by atoms with van der Waals surface area (Å²) in [6, 6.07) is 20.1. The van der Waals surface area contributed by atoms with Crippen LogP contribution in [-0.2, 0) is 6.54 Å². The molecule has 0 saturated heterocycles. The van der Waals surface area contributed by atoms with E-state index in [1.54, 1.807) is 25.5 Å². The zero-order chi connectivity index (χ0) is 22.7. The lowest BCUT2D eigenvalue weighted by Gasteiger charge is -2.08. The molecular formula is C25H21Br2N3O2. The van der Waals surface area contributed by atoms with Crippen LogP contribution in [0.15, 0.2) is 80.9 Å².